The molecular formula is C23H32N2O5. The molecule has 30 heavy (non-hydrogen) atoms. The molecule has 1 unspecified atom stereocenters. The first-order chi connectivity index (χ1) is 14.3. The van der Waals surface area contributed by atoms with Crippen molar-refractivity contribution in [1.29, 1.82) is 0 Å². The first kappa shape index (κ1) is 22.4. The number of Topliss-reactive ketones (excluding diaryl/α,β-unsaturated/α-hetero) is 1. The van der Waals surface area contributed by atoms with Crippen molar-refractivity contribution in [2.24, 2.45) is 11.7 Å². The van der Waals surface area contributed by atoms with E-state index < -0.39 is 35.6 Å². The molecule has 1 aromatic rings. The number of nitrogens with two attached hydrogens (primary N) is 1. The zero-order valence-corrected chi connectivity index (χ0v) is 17.8. The van der Waals surface area contributed by atoms with E-state index in [1.165, 1.54) is 0 Å². The Kier molecular flexibility index (Phi) is 6.93. The lowest BCUT2D eigenvalue weighted by atomic mass is 9.80. The normalized spacial score (nSPS) is 28.0. The van der Waals surface area contributed by atoms with Gasteiger partial charge in [-0.2, -0.15) is 0 Å². The van der Waals surface area contributed by atoms with E-state index in [9.17, 15) is 19.5 Å². The molecule has 7 nitrogen and oxygen atoms in total. The van der Waals surface area contributed by atoms with Gasteiger partial charge in [0.1, 0.15) is 12.1 Å². The SMILES string of the molecule is CCOC(=O)[C@H](CCc1ccccc1)N1[C@H](C(=O)O)C[C@@H]2CCC[C@@]21C(=O)C(C)N. The first-order valence-corrected chi connectivity index (χ1v) is 10.8. The third-order valence-electron chi connectivity index (χ3n) is 6.66. The van der Waals surface area contributed by atoms with Gasteiger partial charge in [-0.15, -0.1) is 0 Å². The molecule has 2 fully saturated rings. The Morgan fingerprint density at radius 1 is 1.30 bits per heavy atom. The van der Waals surface area contributed by atoms with E-state index in [0.717, 1.165) is 18.4 Å². The number of hydrogen-bond donors (Lipinski definition) is 2. The van der Waals surface area contributed by atoms with Crippen molar-refractivity contribution in [3.8, 4) is 0 Å². The maximum atomic E-state index is 13.4. The van der Waals surface area contributed by atoms with Crippen LogP contribution in [0.5, 0.6) is 0 Å². The maximum absolute atomic E-state index is 13.4. The fourth-order valence-electron chi connectivity index (χ4n) is 5.49. The molecule has 0 bridgehead atoms. The topological polar surface area (TPSA) is 110 Å². The molecule has 3 rings (SSSR count). The quantitative estimate of drug-likeness (QED) is 0.594. The van der Waals surface area contributed by atoms with Gasteiger partial charge < -0.3 is 15.6 Å². The standard InChI is InChI=1S/C23H32N2O5/c1-3-30-22(29)18(12-11-16-8-5-4-6-9-16)25-19(21(27)28)14-17-10-7-13-23(17,25)20(26)15(2)24/h4-6,8-9,15,17-19H,3,7,10-14,24H2,1-2H3,(H,27,28)/t15?,17-,18-,19-,23-/m0/s1. The third kappa shape index (κ3) is 4.01. The van der Waals surface area contributed by atoms with Crippen LogP contribution in [0.4, 0.5) is 0 Å². The molecule has 0 spiro atoms. The minimum Gasteiger partial charge on any atom is -0.480 e. The van der Waals surface area contributed by atoms with Crippen molar-refractivity contribution >= 4 is 17.7 Å². The summed E-state index contributed by atoms with van der Waals surface area (Å²) < 4.78 is 5.35. The lowest BCUT2D eigenvalue weighted by Gasteiger charge is -2.43. The number of carboxylic acids is 1. The maximum Gasteiger partial charge on any atom is 0.323 e. The van der Waals surface area contributed by atoms with Crippen LogP contribution in [0.25, 0.3) is 0 Å². The van der Waals surface area contributed by atoms with Crippen LogP contribution in [0, 0.1) is 5.92 Å². The number of ether oxygens (including phenoxy) is 1. The summed E-state index contributed by atoms with van der Waals surface area (Å²) in [4.78, 5) is 40.3. The minimum absolute atomic E-state index is 0.106. The summed E-state index contributed by atoms with van der Waals surface area (Å²) in [5.74, 6) is -1.74. The van der Waals surface area contributed by atoms with Gasteiger partial charge >= 0.3 is 11.9 Å². The first-order valence-electron chi connectivity index (χ1n) is 10.8. The number of rotatable bonds is 9. The predicted octanol–water partition coefficient (Wildman–Crippen LogP) is 2.17. The smallest absolute Gasteiger partial charge is 0.323 e. The lowest BCUT2D eigenvalue weighted by Crippen LogP contribution is -2.64. The second-order valence-corrected chi connectivity index (χ2v) is 8.46. The average Bonchev–Trinajstić information content (AvgIpc) is 3.26. The largest absolute Gasteiger partial charge is 0.480 e. The van der Waals surface area contributed by atoms with Gasteiger partial charge in [-0.25, -0.2) is 0 Å². The number of carbonyl (C=O) groups excluding carboxylic acids is 2. The van der Waals surface area contributed by atoms with Gasteiger partial charge in [0.05, 0.1) is 18.2 Å². The molecule has 0 radical (unpaired) electrons. The summed E-state index contributed by atoms with van der Waals surface area (Å²) in [6.07, 6.45) is 3.44. The monoisotopic (exact) mass is 416 g/mol. The molecule has 164 valence electrons. The zero-order chi connectivity index (χ0) is 21.9. The number of fused-ring (bicyclic) bond motifs is 1. The van der Waals surface area contributed by atoms with Crippen LogP contribution in [0.3, 0.4) is 0 Å². The van der Waals surface area contributed by atoms with Crippen LogP contribution < -0.4 is 5.73 Å². The molecule has 7 heteroatoms. The van der Waals surface area contributed by atoms with Crippen molar-refractivity contribution in [2.45, 2.75) is 76.0 Å². The number of aliphatic carboxylic acids is 1. The summed E-state index contributed by atoms with van der Waals surface area (Å²) in [5, 5.41) is 9.98. The number of nitrogens with zero attached hydrogens (tertiary/aromatic N) is 1. The van der Waals surface area contributed by atoms with E-state index in [0.29, 0.717) is 25.7 Å². The van der Waals surface area contributed by atoms with E-state index in [4.69, 9.17) is 10.5 Å². The highest BCUT2D eigenvalue weighted by Crippen LogP contribution is 2.52. The van der Waals surface area contributed by atoms with E-state index in [2.05, 4.69) is 0 Å². The Morgan fingerprint density at radius 3 is 2.60 bits per heavy atom. The van der Waals surface area contributed by atoms with Crippen molar-refractivity contribution in [3.05, 3.63) is 35.9 Å². The van der Waals surface area contributed by atoms with Crippen molar-refractivity contribution < 1.29 is 24.2 Å². The van der Waals surface area contributed by atoms with Gasteiger partial charge in [-0.05, 0) is 57.4 Å². The molecule has 5 atom stereocenters. The van der Waals surface area contributed by atoms with E-state index in [-0.39, 0.29) is 18.3 Å². The highest BCUT2D eigenvalue weighted by atomic mass is 16.5. The second kappa shape index (κ2) is 9.27. The van der Waals surface area contributed by atoms with E-state index in [1.54, 1.807) is 18.7 Å². The van der Waals surface area contributed by atoms with Crippen LogP contribution >= 0.6 is 0 Å². The Morgan fingerprint density at radius 2 is 2.00 bits per heavy atom. The van der Waals surface area contributed by atoms with Gasteiger partial charge in [-0.3, -0.25) is 19.3 Å². The number of esters is 1. The number of carboxylic acid groups (broad SMARTS) is 1. The molecule has 1 saturated heterocycles. The Labute approximate surface area is 177 Å². The lowest BCUT2D eigenvalue weighted by molar-refractivity contribution is -0.159. The summed E-state index contributed by atoms with van der Waals surface area (Å²) >= 11 is 0. The highest BCUT2D eigenvalue weighted by molar-refractivity contribution is 5.95. The molecule has 0 amide bonds. The summed E-state index contributed by atoms with van der Waals surface area (Å²) in [6.45, 7) is 3.57. The third-order valence-corrected chi connectivity index (χ3v) is 6.66. The van der Waals surface area contributed by atoms with Gasteiger partial charge in [-0.1, -0.05) is 36.8 Å². The number of carbonyl (C=O) groups is 3. The van der Waals surface area contributed by atoms with Crippen LogP contribution in [0.2, 0.25) is 0 Å². The van der Waals surface area contributed by atoms with Crippen LogP contribution in [-0.2, 0) is 25.5 Å². The summed E-state index contributed by atoms with van der Waals surface area (Å²) in [6, 6.07) is 7.30. The summed E-state index contributed by atoms with van der Waals surface area (Å²) in [5.41, 5.74) is 6.05. The van der Waals surface area contributed by atoms with E-state index >= 15 is 0 Å². The summed E-state index contributed by atoms with van der Waals surface area (Å²) in [7, 11) is 0. The zero-order valence-electron chi connectivity index (χ0n) is 17.8. The van der Waals surface area contributed by atoms with Gasteiger partial charge in [0.2, 0.25) is 0 Å². The van der Waals surface area contributed by atoms with Gasteiger partial charge in [0, 0.05) is 0 Å². The van der Waals surface area contributed by atoms with E-state index in [1.807, 2.05) is 30.3 Å². The van der Waals surface area contributed by atoms with Crippen LogP contribution in [0.15, 0.2) is 30.3 Å². The molecule has 1 aromatic carbocycles. The van der Waals surface area contributed by atoms with Gasteiger partial charge in [0.15, 0.2) is 5.78 Å². The molecular weight excluding hydrogens is 384 g/mol. The fourth-order valence-corrected chi connectivity index (χ4v) is 5.49. The van der Waals surface area contributed by atoms with Crippen LogP contribution in [-0.4, -0.2) is 58.0 Å². The molecule has 0 aromatic heterocycles. The predicted molar refractivity (Wildman–Crippen MR) is 112 cm³/mol. The number of likely N-dealkylation sites (tertiary alicyclic amines) is 1. The van der Waals surface area contributed by atoms with Crippen molar-refractivity contribution in [2.75, 3.05) is 6.61 Å². The number of benzene rings is 1. The second-order valence-electron chi connectivity index (χ2n) is 8.46. The molecule has 1 aliphatic carbocycles. The molecule has 3 N–H and O–H groups in total. The Hall–Kier alpha value is -2.25. The van der Waals surface area contributed by atoms with Gasteiger partial charge in [0.25, 0.3) is 0 Å². The Balaban J connectivity index is 2.02. The molecule has 1 aliphatic heterocycles. The molecule has 1 heterocycles. The molecule has 2 aliphatic rings. The Bertz CT molecular complexity index is 781. The van der Waals surface area contributed by atoms with Crippen LogP contribution in [0.1, 0.15) is 51.5 Å². The van der Waals surface area contributed by atoms with Crippen molar-refractivity contribution in [3.63, 3.8) is 0 Å². The molecule has 1 saturated carbocycles. The number of ketones is 1. The van der Waals surface area contributed by atoms with Crippen molar-refractivity contribution in [1.82, 2.24) is 4.90 Å². The number of hydrogen-bond acceptors (Lipinski definition) is 6. The number of aryl methyl sites for hydroxylation is 1. The highest BCUT2D eigenvalue weighted by Gasteiger charge is 2.64. The fraction of sp³-hybridized carbons (Fsp3) is 0.609. The minimum atomic E-state index is -1.01. The average molecular weight is 417 g/mol.